The third-order valence-electron chi connectivity index (χ3n) is 5.36. The molecule has 9 nitrogen and oxygen atoms in total. The van der Waals surface area contributed by atoms with E-state index in [9.17, 15) is 9.59 Å². The number of esters is 1. The van der Waals surface area contributed by atoms with Crippen LogP contribution in [0.15, 0.2) is 64.7 Å². The molecule has 3 aromatic rings. The van der Waals surface area contributed by atoms with Crippen LogP contribution in [0.3, 0.4) is 0 Å². The lowest BCUT2D eigenvalue weighted by Gasteiger charge is -2.30. The largest absolute Gasteiger partial charge is 0.493 e. The maximum Gasteiger partial charge on any atom is 0.337 e. The fraction of sp³-hybridized carbons (Fsp3) is 0.167. The number of methoxy groups -OCH3 is 2. The van der Waals surface area contributed by atoms with Crippen molar-refractivity contribution in [2.45, 2.75) is 13.0 Å². The van der Waals surface area contributed by atoms with Gasteiger partial charge in [0.15, 0.2) is 27.4 Å². The van der Waals surface area contributed by atoms with E-state index in [0.717, 1.165) is 4.68 Å². The molecule has 1 aliphatic heterocycles. The first kappa shape index (κ1) is 25.5. The van der Waals surface area contributed by atoms with Gasteiger partial charge in [-0.05, 0) is 55.0 Å². The zero-order valence-electron chi connectivity index (χ0n) is 19.3. The molecule has 0 saturated heterocycles. The molecule has 4 rings (SSSR count). The standard InChI is InChI=1S/C24H20Cl2N4O5S/c1-12-19(23(32)34-3)21(29-24(36)28-12)13-7-8-16(17(9-13)33-2)35-18-11-27-30(22(31)20(18)26)15-6-4-5-14(25)10-15/h4-11,21H,1-3H3,(H2,28,29,36). The molecule has 0 fully saturated rings. The van der Waals surface area contributed by atoms with Crippen LogP contribution in [0.25, 0.3) is 5.69 Å². The Balaban J connectivity index is 1.68. The number of hydrogen-bond acceptors (Lipinski definition) is 7. The predicted octanol–water partition coefficient (Wildman–Crippen LogP) is 4.31. The minimum atomic E-state index is -0.582. The minimum absolute atomic E-state index is 0.0400. The third-order valence-corrected chi connectivity index (χ3v) is 6.16. The quantitative estimate of drug-likeness (QED) is 0.345. The fourth-order valence-electron chi connectivity index (χ4n) is 3.67. The molecule has 0 saturated carbocycles. The molecule has 1 aliphatic rings. The van der Waals surface area contributed by atoms with Gasteiger partial charge < -0.3 is 24.8 Å². The van der Waals surface area contributed by atoms with Crippen LogP contribution in [-0.4, -0.2) is 35.1 Å². The van der Waals surface area contributed by atoms with Crippen molar-refractivity contribution in [2.75, 3.05) is 14.2 Å². The molecule has 0 spiro atoms. The van der Waals surface area contributed by atoms with E-state index in [2.05, 4.69) is 15.7 Å². The normalized spacial score (nSPS) is 15.1. The first-order valence-electron chi connectivity index (χ1n) is 10.5. The summed E-state index contributed by atoms with van der Waals surface area (Å²) in [5.74, 6) is 0.146. The lowest BCUT2D eigenvalue weighted by Crippen LogP contribution is -2.45. The Hall–Kier alpha value is -3.60. The molecule has 36 heavy (non-hydrogen) atoms. The Bertz CT molecular complexity index is 1460. The molecule has 0 radical (unpaired) electrons. The van der Waals surface area contributed by atoms with Gasteiger partial charge in [-0.25, -0.2) is 4.79 Å². The second kappa shape index (κ2) is 10.6. The molecule has 1 aromatic heterocycles. The first-order chi connectivity index (χ1) is 17.2. The molecule has 2 N–H and O–H groups in total. The molecule has 0 bridgehead atoms. The van der Waals surface area contributed by atoms with Gasteiger partial charge in [0, 0.05) is 10.7 Å². The van der Waals surface area contributed by atoms with Gasteiger partial charge in [-0.1, -0.05) is 35.3 Å². The molecule has 2 heterocycles. The van der Waals surface area contributed by atoms with Crippen LogP contribution in [0.4, 0.5) is 0 Å². The Labute approximate surface area is 221 Å². The van der Waals surface area contributed by atoms with E-state index in [1.165, 1.54) is 20.4 Å². The summed E-state index contributed by atoms with van der Waals surface area (Å²) < 4.78 is 17.5. The molecule has 1 unspecified atom stereocenters. The van der Waals surface area contributed by atoms with E-state index in [1.54, 1.807) is 49.4 Å². The number of benzene rings is 2. The van der Waals surface area contributed by atoms with Crippen LogP contribution < -0.4 is 25.7 Å². The summed E-state index contributed by atoms with van der Waals surface area (Å²) in [6.07, 6.45) is 1.33. The lowest BCUT2D eigenvalue weighted by atomic mass is 9.95. The zero-order valence-corrected chi connectivity index (χ0v) is 21.6. The number of carbonyl (C=O) groups is 1. The number of carbonyl (C=O) groups excluding carboxylic acids is 1. The number of rotatable bonds is 6. The highest BCUT2D eigenvalue weighted by Crippen LogP contribution is 2.37. The maximum atomic E-state index is 12.8. The highest BCUT2D eigenvalue weighted by molar-refractivity contribution is 7.80. The van der Waals surface area contributed by atoms with Crippen LogP contribution in [0.1, 0.15) is 18.5 Å². The van der Waals surface area contributed by atoms with Gasteiger partial charge in [-0.2, -0.15) is 9.78 Å². The third kappa shape index (κ3) is 5.01. The van der Waals surface area contributed by atoms with Gasteiger partial charge in [0.25, 0.3) is 5.56 Å². The van der Waals surface area contributed by atoms with Gasteiger partial charge >= 0.3 is 5.97 Å². The van der Waals surface area contributed by atoms with E-state index in [-0.39, 0.29) is 16.5 Å². The highest BCUT2D eigenvalue weighted by Gasteiger charge is 2.31. The molecule has 1 atom stereocenters. The maximum absolute atomic E-state index is 12.8. The summed E-state index contributed by atoms with van der Waals surface area (Å²) in [5, 5.41) is 10.8. The van der Waals surface area contributed by atoms with Crippen molar-refractivity contribution in [1.82, 2.24) is 20.4 Å². The van der Waals surface area contributed by atoms with E-state index in [1.807, 2.05) is 0 Å². The Kier molecular flexibility index (Phi) is 7.48. The predicted molar refractivity (Wildman–Crippen MR) is 139 cm³/mol. The van der Waals surface area contributed by atoms with Crippen LogP contribution in [0, 0.1) is 0 Å². The van der Waals surface area contributed by atoms with Crippen LogP contribution >= 0.6 is 35.4 Å². The van der Waals surface area contributed by atoms with Gasteiger partial charge in [-0.3, -0.25) is 4.79 Å². The molecule has 0 aliphatic carbocycles. The van der Waals surface area contributed by atoms with E-state index >= 15 is 0 Å². The molecular weight excluding hydrogens is 527 g/mol. The first-order valence-corrected chi connectivity index (χ1v) is 11.7. The summed E-state index contributed by atoms with van der Waals surface area (Å²) in [6.45, 7) is 1.74. The Morgan fingerprint density at radius 3 is 2.58 bits per heavy atom. The van der Waals surface area contributed by atoms with Crippen molar-refractivity contribution < 1.29 is 19.0 Å². The molecule has 12 heteroatoms. The highest BCUT2D eigenvalue weighted by atomic mass is 35.5. The van der Waals surface area contributed by atoms with Gasteiger partial charge in [0.2, 0.25) is 0 Å². The molecular formula is C24H20Cl2N4O5S. The van der Waals surface area contributed by atoms with Crippen molar-refractivity contribution in [3.8, 4) is 22.9 Å². The smallest absolute Gasteiger partial charge is 0.337 e. The minimum Gasteiger partial charge on any atom is -0.493 e. The Morgan fingerprint density at radius 1 is 1.11 bits per heavy atom. The van der Waals surface area contributed by atoms with E-state index in [0.29, 0.717) is 38.4 Å². The van der Waals surface area contributed by atoms with Crippen LogP contribution in [0.2, 0.25) is 10.0 Å². The summed E-state index contributed by atoms with van der Waals surface area (Å²) in [6, 6.07) is 11.1. The van der Waals surface area contributed by atoms with Crippen molar-refractivity contribution >= 4 is 46.5 Å². The number of halogens is 2. The van der Waals surface area contributed by atoms with E-state index in [4.69, 9.17) is 49.6 Å². The number of ether oxygens (including phenoxy) is 3. The topological polar surface area (TPSA) is 104 Å². The van der Waals surface area contributed by atoms with Crippen molar-refractivity contribution in [3.63, 3.8) is 0 Å². The molecule has 2 aromatic carbocycles. The Morgan fingerprint density at radius 2 is 1.89 bits per heavy atom. The van der Waals surface area contributed by atoms with Crippen LogP contribution in [-0.2, 0) is 9.53 Å². The summed E-state index contributed by atoms with van der Waals surface area (Å²) in [7, 11) is 2.77. The summed E-state index contributed by atoms with van der Waals surface area (Å²) in [4.78, 5) is 25.3. The van der Waals surface area contributed by atoms with Gasteiger partial charge in [0.05, 0.1) is 37.7 Å². The second-order valence-corrected chi connectivity index (χ2v) is 8.82. The van der Waals surface area contributed by atoms with Crippen molar-refractivity contribution in [2.24, 2.45) is 0 Å². The fourth-order valence-corrected chi connectivity index (χ4v) is 4.29. The van der Waals surface area contributed by atoms with Crippen molar-refractivity contribution in [3.05, 3.63) is 85.9 Å². The van der Waals surface area contributed by atoms with Gasteiger partial charge in [-0.15, -0.1) is 0 Å². The SMILES string of the molecule is COC(=O)C1=C(C)NC(=S)NC1c1ccc(Oc2cnn(-c3cccc(Cl)c3)c(=O)c2Cl)c(OC)c1. The van der Waals surface area contributed by atoms with Crippen LogP contribution in [0.5, 0.6) is 17.2 Å². The average Bonchev–Trinajstić information content (AvgIpc) is 2.86. The number of allylic oxidation sites excluding steroid dienone is 1. The average molecular weight is 547 g/mol. The number of aromatic nitrogens is 2. The zero-order chi connectivity index (χ0) is 26.0. The number of thiocarbonyl (C=S) groups is 1. The summed E-state index contributed by atoms with van der Waals surface area (Å²) in [5.41, 5.74) is 1.50. The van der Waals surface area contributed by atoms with Gasteiger partial charge in [0.1, 0.15) is 0 Å². The second-order valence-electron chi connectivity index (χ2n) is 7.59. The summed E-state index contributed by atoms with van der Waals surface area (Å²) >= 11 is 17.6. The number of nitrogens with zero attached hydrogens (tertiary/aromatic N) is 2. The lowest BCUT2D eigenvalue weighted by molar-refractivity contribution is -0.136. The van der Waals surface area contributed by atoms with Crippen molar-refractivity contribution in [1.29, 1.82) is 0 Å². The number of nitrogens with one attached hydrogen (secondary N) is 2. The number of hydrogen-bond donors (Lipinski definition) is 2. The van der Waals surface area contributed by atoms with E-state index < -0.39 is 17.6 Å². The molecule has 186 valence electrons. The molecule has 0 amide bonds. The monoisotopic (exact) mass is 546 g/mol.